The molecule has 0 aliphatic heterocycles. The third-order valence-electron chi connectivity index (χ3n) is 4.74. The van der Waals surface area contributed by atoms with Crippen molar-refractivity contribution in [2.45, 2.75) is 31.7 Å². The van der Waals surface area contributed by atoms with E-state index in [0.717, 1.165) is 39.1 Å². The molecule has 3 heterocycles. The smallest absolute Gasteiger partial charge is 0.230 e. The fourth-order valence-corrected chi connectivity index (χ4v) is 5.04. The summed E-state index contributed by atoms with van der Waals surface area (Å²) >= 11 is 3.02. The highest BCUT2D eigenvalue weighted by Crippen LogP contribution is 2.33. The molecule has 31 heavy (non-hydrogen) atoms. The second-order valence-electron chi connectivity index (χ2n) is 7.16. The Bertz CT molecular complexity index is 1220. The minimum absolute atomic E-state index is 0.0603. The number of carbonyl (C=O) groups excluding carboxylic acids is 1. The van der Waals surface area contributed by atoms with Gasteiger partial charge in [-0.15, -0.1) is 21.5 Å². The number of aryl methyl sites for hydroxylation is 2. The molecule has 0 spiro atoms. The van der Waals surface area contributed by atoms with Crippen LogP contribution in [0.3, 0.4) is 0 Å². The molecule has 1 aromatic carbocycles. The summed E-state index contributed by atoms with van der Waals surface area (Å²) in [5, 5.41) is 12.1. The Hall–Kier alpha value is -3.04. The Morgan fingerprint density at radius 3 is 2.77 bits per heavy atom. The maximum Gasteiger partial charge on any atom is 0.230 e. The van der Waals surface area contributed by atoms with Gasteiger partial charge in [-0.25, -0.2) is 4.98 Å². The first-order valence-electron chi connectivity index (χ1n) is 9.69. The van der Waals surface area contributed by atoms with Gasteiger partial charge in [0.1, 0.15) is 0 Å². The van der Waals surface area contributed by atoms with Crippen molar-refractivity contribution in [1.82, 2.24) is 24.7 Å². The molecule has 9 heteroatoms. The number of nitrogens with zero attached hydrogens (tertiary/aromatic N) is 6. The van der Waals surface area contributed by atoms with Gasteiger partial charge in [-0.1, -0.05) is 29.5 Å². The third-order valence-corrected chi connectivity index (χ3v) is 6.67. The quantitative estimate of drug-likeness (QED) is 0.388. The van der Waals surface area contributed by atoms with Gasteiger partial charge in [-0.2, -0.15) is 0 Å². The van der Waals surface area contributed by atoms with Crippen molar-refractivity contribution in [1.29, 1.82) is 0 Å². The molecule has 7 nitrogen and oxygen atoms in total. The molecule has 4 aromatic rings. The summed E-state index contributed by atoms with van der Waals surface area (Å²) in [5.74, 6) is 1.34. The van der Waals surface area contributed by atoms with Crippen molar-refractivity contribution in [2.75, 3.05) is 4.90 Å². The monoisotopic (exact) mass is 450 g/mol. The lowest BCUT2D eigenvalue weighted by molar-refractivity contribution is -0.115. The van der Waals surface area contributed by atoms with E-state index < -0.39 is 0 Å². The zero-order chi connectivity index (χ0) is 22.0. The van der Waals surface area contributed by atoms with Crippen LogP contribution >= 0.6 is 23.1 Å². The molecule has 1 amide bonds. The fraction of sp³-hybridized carbons (Fsp3) is 0.227. The maximum absolute atomic E-state index is 12.4. The van der Waals surface area contributed by atoms with E-state index in [2.05, 4.69) is 21.2 Å². The maximum atomic E-state index is 12.4. The molecule has 0 fully saturated rings. The highest BCUT2D eigenvalue weighted by Gasteiger charge is 2.20. The van der Waals surface area contributed by atoms with E-state index in [1.165, 1.54) is 11.3 Å². The first kappa shape index (κ1) is 21.2. The summed E-state index contributed by atoms with van der Waals surface area (Å²) in [6, 6.07) is 9.90. The van der Waals surface area contributed by atoms with Crippen molar-refractivity contribution in [3.8, 4) is 11.4 Å². The molecule has 158 valence electrons. The standard InChI is InChI=1S/C22H22N6OS2/c1-14-7-8-19(15(2)10-14)28(16(3)29)21-24-18(12-30-21)13-31-22-26-25-20(27(22)4)17-6-5-9-23-11-17/h5-12H,13H2,1-4H3. The number of carbonyl (C=O) groups is 1. The number of rotatable bonds is 6. The Kier molecular flexibility index (Phi) is 6.15. The number of hydrogen-bond donors (Lipinski definition) is 0. The van der Waals surface area contributed by atoms with Gasteiger partial charge in [0.25, 0.3) is 0 Å². The molecule has 0 aliphatic carbocycles. The van der Waals surface area contributed by atoms with Crippen LogP contribution in [0.5, 0.6) is 0 Å². The zero-order valence-electron chi connectivity index (χ0n) is 17.7. The number of amides is 1. The average molecular weight is 451 g/mol. The molecule has 0 atom stereocenters. The SMILES string of the molecule is CC(=O)N(c1nc(CSc2nnc(-c3cccnc3)n2C)cs1)c1ccc(C)cc1C. The number of pyridine rings is 1. The molecule has 0 unspecified atom stereocenters. The number of aromatic nitrogens is 5. The van der Waals surface area contributed by atoms with E-state index in [-0.39, 0.29) is 5.91 Å². The highest BCUT2D eigenvalue weighted by atomic mass is 32.2. The molecule has 3 aromatic heterocycles. The lowest BCUT2D eigenvalue weighted by Crippen LogP contribution is -2.23. The van der Waals surface area contributed by atoms with E-state index in [1.54, 1.807) is 36.0 Å². The molecule has 0 saturated heterocycles. The first-order chi connectivity index (χ1) is 14.9. The van der Waals surface area contributed by atoms with Gasteiger partial charge in [0.2, 0.25) is 5.91 Å². The predicted molar refractivity (Wildman–Crippen MR) is 125 cm³/mol. The van der Waals surface area contributed by atoms with E-state index in [0.29, 0.717) is 10.9 Å². The predicted octanol–water partition coefficient (Wildman–Crippen LogP) is 4.93. The van der Waals surface area contributed by atoms with Gasteiger partial charge in [-0.05, 0) is 37.6 Å². The Labute approximate surface area is 189 Å². The molecule has 0 aliphatic rings. The van der Waals surface area contributed by atoms with E-state index in [1.807, 2.05) is 55.1 Å². The minimum atomic E-state index is -0.0603. The van der Waals surface area contributed by atoms with Crippen LogP contribution in [0, 0.1) is 13.8 Å². The van der Waals surface area contributed by atoms with Crippen LogP contribution in [0.15, 0.2) is 53.3 Å². The zero-order valence-corrected chi connectivity index (χ0v) is 19.4. The summed E-state index contributed by atoms with van der Waals surface area (Å²) in [5.41, 5.74) is 4.89. The van der Waals surface area contributed by atoms with E-state index in [9.17, 15) is 4.79 Å². The van der Waals surface area contributed by atoms with Gasteiger partial charge in [0.05, 0.1) is 11.4 Å². The normalized spacial score (nSPS) is 11.0. The molecular formula is C22H22N6OS2. The largest absolute Gasteiger partial charge is 0.305 e. The number of benzene rings is 1. The van der Waals surface area contributed by atoms with Crippen molar-refractivity contribution in [3.05, 3.63) is 64.9 Å². The Morgan fingerprint density at radius 2 is 2.06 bits per heavy atom. The Balaban J connectivity index is 1.52. The van der Waals surface area contributed by atoms with Crippen LogP contribution in [0.25, 0.3) is 11.4 Å². The molecule has 4 rings (SSSR count). The summed E-state index contributed by atoms with van der Waals surface area (Å²) < 4.78 is 1.95. The molecule has 0 bridgehead atoms. The van der Waals surface area contributed by atoms with Crippen molar-refractivity contribution < 1.29 is 4.79 Å². The van der Waals surface area contributed by atoms with Gasteiger partial charge >= 0.3 is 0 Å². The molecule has 0 saturated carbocycles. The molecular weight excluding hydrogens is 428 g/mol. The lowest BCUT2D eigenvalue weighted by Gasteiger charge is -2.20. The summed E-state index contributed by atoms with van der Waals surface area (Å²) in [6.07, 6.45) is 3.51. The van der Waals surface area contributed by atoms with E-state index >= 15 is 0 Å². The number of thioether (sulfide) groups is 1. The van der Waals surface area contributed by atoms with Gasteiger partial charge in [0.15, 0.2) is 16.1 Å². The van der Waals surface area contributed by atoms with Crippen LogP contribution in [0.2, 0.25) is 0 Å². The number of hydrogen-bond acceptors (Lipinski definition) is 7. The van der Waals surface area contributed by atoms with Crippen molar-refractivity contribution in [3.63, 3.8) is 0 Å². The average Bonchev–Trinajstić information content (AvgIpc) is 3.35. The van der Waals surface area contributed by atoms with Crippen molar-refractivity contribution in [2.24, 2.45) is 7.05 Å². The number of anilines is 2. The van der Waals surface area contributed by atoms with Crippen molar-refractivity contribution >= 4 is 39.8 Å². The van der Waals surface area contributed by atoms with Crippen LogP contribution < -0.4 is 4.90 Å². The van der Waals surface area contributed by atoms with E-state index in [4.69, 9.17) is 4.98 Å². The minimum Gasteiger partial charge on any atom is -0.305 e. The van der Waals surface area contributed by atoms with Gasteiger partial charge < -0.3 is 4.57 Å². The topological polar surface area (TPSA) is 76.8 Å². The highest BCUT2D eigenvalue weighted by molar-refractivity contribution is 7.98. The Morgan fingerprint density at radius 1 is 1.23 bits per heavy atom. The van der Waals surface area contributed by atoms with Crippen LogP contribution in [-0.2, 0) is 17.6 Å². The van der Waals surface area contributed by atoms with Gasteiger partial charge in [0, 0.05) is 43.1 Å². The lowest BCUT2D eigenvalue weighted by atomic mass is 10.1. The fourth-order valence-electron chi connectivity index (χ4n) is 3.25. The third kappa shape index (κ3) is 4.52. The van der Waals surface area contributed by atoms with Crippen LogP contribution in [0.1, 0.15) is 23.7 Å². The molecule has 0 radical (unpaired) electrons. The first-order valence-corrected chi connectivity index (χ1v) is 11.6. The van der Waals surface area contributed by atoms with Crippen LogP contribution in [-0.4, -0.2) is 30.6 Å². The second kappa shape index (κ2) is 8.99. The summed E-state index contributed by atoms with van der Waals surface area (Å²) in [4.78, 5) is 23.0. The molecule has 0 N–H and O–H groups in total. The van der Waals surface area contributed by atoms with Gasteiger partial charge in [-0.3, -0.25) is 14.7 Å². The summed E-state index contributed by atoms with van der Waals surface area (Å²) in [7, 11) is 1.94. The second-order valence-corrected chi connectivity index (χ2v) is 8.94. The summed E-state index contributed by atoms with van der Waals surface area (Å²) in [6.45, 7) is 5.62. The number of thiazole rings is 1. The van der Waals surface area contributed by atoms with Crippen LogP contribution in [0.4, 0.5) is 10.8 Å².